The fourth-order valence-corrected chi connectivity index (χ4v) is 4.04. The number of pyridine rings is 1. The van der Waals surface area contributed by atoms with Gasteiger partial charge in [0.1, 0.15) is 0 Å². The van der Waals surface area contributed by atoms with E-state index in [1.165, 1.54) is 42.5 Å². The largest absolute Gasteiger partial charge is 0.345 e. The number of nitro groups is 1. The fourth-order valence-electron chi connectivity index (χ4n) is 2.94. The molecule has 0 radical (unpaired) electrons. The van der Waals surface area contributed by atoms with Crippen LogP contribution in [0.4, 0.5) is 11.4 Å². The third-order valence-corrected chi connectivity index (χ3v) is 5.91. The minimum absolute atomic E-state index is 0.158. The fraction of sp³-hybridized carbons (Fsp3) is 0.0500. The van der Waals surface area contributed by atoms with Crippen molar-refractivity contribution in [2.45, 2.75) is 11.4 Å². The maximum absolute atomic E-state index is 12.5. The first kappa shape index (κ1) is 20.9. The zero-order valence-corrected chi connectivity index (χ0v) is 17.2. The van der Waals surface area contributed by atoms with Gasteiger partial charge in [0.15, 0.2) is 11.5 Å². The first-order valence-corrected chi connectivity index (χ1v) is 10.8. The van der Waals surface area contributed by atoms with E-state index < -0.39 is 14.9 Å². The number of fused-ring (bicyclic) bond motifs is 1. The van der Waals surface area contributed by atoms with Gasteiger partial charge in [-0.15, -0.1) is 10.2 Å². The van der Waals surface area contributed by atoms with Crippen LogP contribution in [0.1, 0.15) is 16.2 Å². The van der Waals surface area contributed by atoms with Crippen LogP contribution in [0.5, 0.6) is 0 Å². The number of sulfonamides is 1. The molecule has 0 fully saturated rings. The summed E-state index contributed by atoms with van der Waals surface area (Å²) < 4.78 is 29.1. The summed E-state index contributed by atoms with van der Waals surface area (Å²) in [5.74, 6) is 0.195. The van der Waals surface area contributed by atoms with Crippen LogP contribution in [-0.2, 0) is 16.6 Å². The number of carbonyl (C=O) groups excluding carboxylic acids is 1. The lowest BCUT2D eigenvalue weighted by molar-refractivity contribution is -0.385. The lowest BCUT2D eigenvalue weighted by atomic mass is 10.2. The number of nitro benzene ring substituents is 1. The molecule has 0 atom stereocenters. The van der Waals surface area contributed by atoms with E-state index in [4.69, 9.17) is 0 Å². The van der Waals surface area contributed by atoms with E-state index in [0.717, 1.165) is 6.07 Å². The predicted octanol–water partition coefficient (Wildman–Crippen LogP) is 2.37. The normalized spacial score (nSPS) is 11.2. The van der Waals surface area contributed by atoms with Crippen LogP contribution in [0.25, 0.3) is 5.65 Å². The second-order valence-corrected chi connectivity index (χ2v) is 8.35. The number of aromatic nitrogens is 3. The van der Waals surface area contributed by atoms with E-state index in [-0.39, 0.29) is 28.7 Å². The molecule has 12 heteroatoms. The maximum atomic E-state index is 12.5. The highest BCUT2D eigenvalue weighted by Crippen LogP contribution is 2.20. The van der Waals surface area contributed by atoms with Crippen molar-refractivity contribution >= 4 is 33.0 Å². The Morgan fingerprint density at radius 2 is 1.81 bits per heavy atom. The van der Waals surface area contributed by atoms with Gasteiger partial charge in [-0.05, 0) is 42.5 Å². The van der Waals surface area contributed by atoms with Gasteiger partial charge >= 0.3 is 0 Å². The molecule has 4 aromatic rings. The zero-order valence-electron chi connectivity index (χ0n) is 16.4. The smallest absolute Gasteiger partial charge is 0.270 e. The Bertz CT molecular complexity index is 1420. The number of hydrogen-bond acceptors (Lipinski definition) is 7. The first-order chi connectivity index (χ1) is 15.3. The van der Waals surface area contributed by atoms with Crippen molar-refractivity contribution < 1.29 is 18.1 Å². The zero-order chi connectivity index (χ0) is 22.7. The van der Waals surface area contributed by atoms with E-state index in [0.29, 0.717) is 17.0 Å². The number of anilines is 1. The number of hydrogen-bond donors (Lipinski definition) is 2. The van der Waals surface area contributed by atoms with Crippen molar-refractivity contribution in [3.05, 3.63) is 94.4 Å². The molecule has 2 aromatic carbocycles. The summed E-state index contributed by atoms with van der Waals surface area (Å²) in [4.78, 5) is 22.4. The molecule has 0 spiro atoms. The van der Waals surface area contributed by atoms with Crippen molar-refractivity contribution in [3.63, 3.8) is 0 Å². The average molecular weight is 452 g/mol. The van der Waals surface area contributed by atoms with E-state index >= 15 is 0 Å². The van der Waals surface area contributed by atoms with E-state index in [1.54, 1.807) is 16.7 Å². The highest BCUT2D eigenvalue weighted by atomic mass is 32.2. The Labute approximate surface area is 181 Å². The monoisotopic (exact) mass is 452 g/mol. The molecule has 0 bridgehead atoms. The van der Waals surface area contributed by atoms with E-state index in [1.807, 2.05) is 12.1 Å². The van der Waals surface area contributed by atoms with Crippen LogP contribution in [0.3, 0.4) is 0 Å². The molecule has 0 aliphatic rings. The van der Waals surface area contributed by atoms with Crippen molar-refractivity contribution in [2.75, 3.05) is 4.72 Å². The van der Waals surface area contributed by atoms with Crippen LogP contribution in [0.15, 0.2) is 77.8 Å². The molecule has 0 saturated carbocycles. The van der Waals surface area contributed by atoms with Crippen molar-refractivity contribution in [1.29, 1.82) is 0 Å². The number of carbonyl (C=O) groups is 1. The Morgan fingerprint density at radius 1 is 1.03 bits per heavy atom. The standard InChI is InChI=1S/C20H16N6O5S/c27-20(21-13-19-23-22-18-6-1-2-11-25(18)19)14-7-9-15(10-8-14)24-32(30,31)17-5-3-4-16(12-17)26(28)29/h1-12,24H,13H2,(H,21,27). The molecule has 0 aliphatic heterocycles. The lowest BCUT2D eigenvalue weighted by Gasteiger charge is -2.09. The second-order valence-electron chi connectivity index (χ2n) is 6.67. The SMILES string of the molecule is O=C(NCc1nnc2ccccn12)c1ccc(NS(=O)(=O)c2cccc([N+](=O)[O-])c2)cc1. The number of nitrogens with one attached hydrogen (secondary N) is 2. The molecule has 2 N–H and O–H groups in total. The molecule has 11 nitrogen and oxygen atoms in total. The molecular weight excluding hydrogens is 436 g/mol. The third kappa shape index (κ3) is 4.39. The molecule has 32 heavy (non-hydrogen) atoms. The van der Waals surface area contributed by atoms with Crippen LogP contribution in [0, 0.1) is 10.1 Å². The second kappa shape index (κ2) is 8.43. The molecule has 1 amide bonds. The Kier molecular flexibility index (Phi) is 5.52. The van der Waals surface area contributed by atoms with Gasteiger partial charge in [-0.3, -0.25) is 24.0 Å². The molecule has 0 aliphatic carbocycles. The Morgan fingerprint density at radius 3 is 2.56 bits per heavy atom. The number of rotatable bonds is 7. The molecule has 4 rings (SSSR count). The summed E-state index contributed by atoms with van der Waals surface area (Å²) in [6, 6.07) is 16.0. The summed E-state index contributed by atoms with van der Waals surface area (Å²) in [5.41, 5.74) is 0.853. The number of nitrogens with zero attached hydrogens (tertiary/aromatic N) is 4. The summed E-state index contributed by atoms with van der Waals surface area (Å²) in [5, 5.41) is 21.7. The number of amides is 1. The van der Waals surface area contributed by atoms with Crippen molar-refractivity contribution in [3.8, 4) is 0 Å². The highest BCUT2D eigenvalue weighted by Gasteiger charge is 2.18. The Balaban J connectivity index is 1.43. The summed E-state index contributed by atoms with van der Waals surface area (Å²) in [7, 11) is -4.04. The van der Waals surface area contributed by atoms with Gasteiger partial charge in [-0.2, -0.15) is 0 Å². The number of non-ortho nitro benzene ring substituents is 1. The van der Waals surface area contributed by atoms with Crippen LogP contribution in [0.2, 0.25) is 0 Å². The molecule has 162 valence electrons. The third-order valence-electron chi connectivity index (χ3n) is 4.53. The van der Waals surface area contributed by atoms with Gasteiger partial charge in [0.05, 0.1) is 16.4 Å². The van der Waals surface area contributed by atoms with Crippen LogP contribution in [-0.4, -0.2) is 33.8 Å². The predicted molar refractivity (Wildman–Crippen MR) is 115 cm³/mol. The summed E-state index contributed by atoms with van der Waals surface area (Å²) >= 11 is 0. The van der Waals surface area contributed by atoms with E-state index in [2.05, 4.69) is 20.2 Å². The van der Waals surface area contributed by atoms with Crippen molar-refractivity contribution in [2.24, 2.45) is 0 Å². The van der Waals surface area contributed by atoms with Crippen LogP contribution >= 0.6 is 0 Å². The molecule has 2 aromatic heterocycles. The van der Waals surface area contributed by atoms with Gasteiger partial charge in [-0.1, -0.05) is 12.1 Å². The van der Waals surface area contributed by atoms with E-state index in [9.17, 15) is 23.3 Å². The highest BCUT2D eigenvalue weighted by molar-refractivity contribution is 7.92. The topological polar surface area (TPSA) is 149 Å². The van der Waals surface area contributed by atoms with Gasteiger partial charge in [0, 0.05) is 29.6 Å². The summed E-state index contributed by atoms with van der Waals surface area (Å²) in [6.07, 6.45) is 1.79. The van der Waals surface area contributed by atoms with Crippen LogP contribution < -0.4 is 10.0 Å². The Hall–Kier alpha value is -4.32. The van der Waals surface area contributed by atoms with Gasteiger partial charge in [0.25, 0.3) is 21.6 Å². The summed E-state index contributed by atoms with van der Waals surface area (Å²) in [6.45, 7) is 0.158. The molecule has 0 saturated heterocycles. The quantitative estimate of drug-likeness (QED) is 0.323. The molecule has 2 heterocycles. The van der Waals surface area contributed by atoms with Crippen molar-refractivity contribution in [1.82, 2.24) is 19.9 Å². The average Bonchev–Trinajstić information content (AvgIpc) is 3.21. The maximum Gasteiger partial charge on any atom is 0.270 e. The minimum atomic E-state index is -4.04. The van der Waals surface area contributed by atoms with Gasteiger partial charge < -0.3 is 5.32 Å². The number of benzene rings is 2. The first-order valence-electron chi connectivity index (χ1n) is 9.28. The molecule has 0 unspecified atom stereocenters. The molecular formula is C20H16N6O5S. The minimum Gasteiger partial charge on any atom is -0.345 e. The van der Waals surface area contributed by atoms with Gasteiger partial charge in [-0.25, -0.2) is 8.42 Å². The van der Waals surface area contributed by atoms with Gasteiger partial charge in [0.2, 0.25) is 0 Å². The lowest BCUT2D eigenvalue weighted by Crippen LogP contribution is -2.24.